The number of aromatic nitrogens is 2. The lowest BCUT2D eigenvalue weighted by Gasteiger charge is -2.32. The molecule has 0 aliphatic carbocycles. The van der Waals surface area contributed by atoms with Crippen molar-refractivity contribution in [3.8, 4) is 6.07 Å². The van der Waals surface area contributed by atoms with Gasteiger partial charge in [-0.05, 0) is 97.3 Å². The third kappa shape index (κ3) is 6.76. The van der Waals surface area contributed by atoms with Crippen LogP contribution in [0.5, 0.6) is 0 Å². The molecule has 0 unspecified atom stereocenters. The average Bonchev–Trinajstić information content (AvgIpc) is 3.03. The summed E-state index contributed by atoms with van der Waals surface area (Å²) in [5.41, 5.74) is 5.73. The summed E-state index contributed by atoms with van der Waals surface area (Å²) in [5.74, 6) is 1.05. The van der Waals surface area contributed by atoms with E-state index in [4.69, 9.17) is 16.9 Å². The minimum absolute atomic E-state index is 0.0357. The van der Waals surface area contributed by atoms with Crippen LogP contribution in [0.15, 0.2) is 72.9 Å². The molecule has 0 radical (unpaired) electrons. The second kappa shape index (κ2) is 12.5. The number of hydrogen-bond donors (Lipinski definition) is 3. The number of nitrogens with one attached hydrogen (secondary N) is 3. The van der Waals surface area contributed by atoms with Crippen LogP contribution in [-0.2, 0) is 17.6 Å². The van der Waals surface area contributed by atoms with E-state index in [1.54, 1.807) is 30.5 Å². The highest BCUT2D eigenvalue weighted by Gasteiger charge is 2.25. The summed E-state index contributed by atoms with van der Waals surface area (Å²) >= 11 is 6.39. The molecular weight excluding hydrogens is 562 g/mol. The molecular formula is C33H30ClN7O2. The molecule has 2 amide bonds. The monoisotopic (exact) mass is 591 g/mol. The van der Waals surface area contributed by atoms with Crippen LogP contribution in [0.3, 0.4) is 0 Å². The fraction of sp³-hybridized carbons (Fsp3) is 0.242. The number of likely N-dealkylation sites (tertiary alicyclic amines) is 1. The highest BCUT2D eigenvalue weighted by molar-refractivity contribution is 6.32. The van der Waals surface area contributed by atoms with E-state index in [2.05, 4.69) is 44.1 Å². The van der Waals surface area contributed by atoms with Crippen LogP contribution in [-0.4, -0.2) is 39.8 Å². The van der Waals surface area contributed by atoms with Gasteiger partial charge in [0, 0.05) is 42.1 Å². The highest BCUT2D eigenvalue weighted by atomic mass is 35.5. The van der Waals surface area contributed by atoms with Gasteiger partial charge in [0.25, 0.3) is 5.91 Å². The van der Waals surface area contributed by atoms with Gasteiger partial charge in [-0.3, -0.25) is 9.59 Å². The van der Waals surface area contributed by atoms with Gasteiger partial charge in [0.05, 0.1) is 17.8 Å². The largest absolute Gasteiger partial charge is 0.339 e. The molecule has 3 heterocycles. The van der Waals surface area contributed by atoms with Crippen LogP contribution in [0.25, 0.3) is 0 Å². The summed E-state index contributed by atoms with van der Waals surface area (Å²) in [5, 5.41) is 19.1. The highest BCUT2D eigenvalue weighted by Crippen LogP contribution is 2.30. The quantitative estimate of drug-likeness (QED) is 0.248. The van der Waals surface area contributed by atoms with Gasteiger partial charge in [0.1, 0.15) is 5.02 Å². The SMILES string of the molecule is N#Cc1ccc(C(=O)N2CCC(CC(=O)Nc3ccc4cc3CCc3cccc(c3)Nc3ncc(Cl)c(n3)N4)CC2)cc1. The predicted octanol–water partition coefficient (Wildman–Crippen LogP) is 6.47. The zero-order chi connectivity index (χ0) is 29.8. The Morgan fingerprint density at radius 2 is 1.79 bits per heavy atom. The smallest absolute Gasteiger partial charge is 0.253 e. The number of piperidine rings is 1. The van der Waals surface area contributed by atoms with E-state index in [9.17, 15) is 9.59 Å². The number of nitriles is 1. The maximum atomic E-state index is 13.2. The molecule has 0 spiro atoms. The van der Waals surface area contributed by atoms with E-state index in [-0.39, 0.29) is 17.7 Å². The number of aryl methyl sites for hydroxylation is 2. The van der Waals surface area contributed by atoms with Crippen LogP contribution < -0.4 is 16.0 Å². The van der Waals surface area contributed by atoms with E-state index >= 15 is 0 Å². The van der Waals surface area contributed by atoms with Gasteiger partial charge in [-0.25, -0.2) is 4.98 Å². The van der Waals surface area contributed by atoms with Gasteiger partial charge < -0.3 is 20.9 Å². The summed E-state index contributed by atoms with van der Waals surface area (Å²) in [4.78, 5) is 36.8. The summed E-state index contributed by atoms with van der Waals surface area (Å²) in [6.45, 7) is 1.20. The molecule has 2 aliphatic heterocycles. The van der Waals surface area contributed by atoms with Crippen LogP contribution in [0.1, 0.15) is 46.3 Å². The molecule has 9 nitrogen and oxygen atoms in total. The molecule has 0 saturated carbocycles. The van der Waals surface area contributed by atoms with Crippen molar-refractivity contribution in [3.05, 3.63) is 100 Å². The molecule has 4 aromatic rings. The van der Waals surface area contributed by atoms with Crippen molar-refractivity contribution in [1.29, 1.82) is 5.26 Å². The Morgan fingerprint density at radius 3 is 2.58 bits per heavy atom. The molecule has 1 aromatic heterocycles. The number of nitrogens with zero attached hydrogens (tertiary/aromatic N) is 4. The summed E-state index contributed by atoms with van der Waals surface area (Å²) in [6, 6.07) is 22.7. The standard InChI is InChI=1S/C33H30ClN7O2/c34-28-20-36-33-38-26-3-1-2-21(16-26)4-9-25-18-27(37-31(28)40-33)10-11-29(25)39-30(42)17-22-12-14-41(15-13-22)32(43)24-7-5-23(19-35)6-8-24/h1-3,5-8,10-11,16,18,20,22H,4,9,12-15,17H2,(H,39,42)(H2,36,37,38,40). The van der Waals surface area contributed by atoms with Crippen molar-refractivity contribution in [2.45, 2.75) is 32.1 Å². The predicted molar refractivity (Wildman–Crippen MR) is 167 cm³/mol. The first-order valence-corrected chi connectivity index (χ1v) is 14.7. The van der Waals surface area contributed by atoms with Crippen molar-refractivity contribution in [2.24, 2.45) is 5.92 Å². The molecule has 0 atom stereocenters. The fourth-order valence-corrected chi connectivity index (χ4v) is 5.68. The summed E-state index contributed by atoms with van der Waals surface area (Å²) in [7, 11) is 0. The number of anilines is 5. The Hall–Kier alpha value is -4.94. The van der Waals surface area contributed by atoms with Crippen molar-refractivity contribution in [2.75, 3.05) is 29.0 Å². The number of carbonyl (C=O) groups is 2. The molecule has 6 rings (SSSR count). The number of hydrogen-bond acceptors (Lipinski definition) is 7. The van der Waals surface area contributed by atoms with Gasteiger partial charge in [-0.1, -0.05) is 23.7 Å². The van der Waals surface area contributed by atoms with Gasteiger partial charge >= 0.3 is 0 Å². The first kappa shape index (κ1) is 28.2. The molecule has 43 heavy (non-hydrogen) atoms. The zero-order valence-electron chi connectivity index (χ0n) is 23.4. The minimum atomic E-state index is -0.0399. The van der Waals surface area contributed by atoms with Crippen LogP contribution in [0.4, 0.5) is 28.8 Å². The Labute approximate surface area is 254 Å². The maximum Gasteiger partial charge on any atom is 0.253 e. The van der Waals surface area contributed by atoms with Crippen LogP contribution in [0, 0.1) is 17.2 Å². The molecule has 1 fully saturated rings. The third-order valence-electron chi connectivity index (χ3n) is 7.89. The van der Waals surface area contributed by atoms with Crippen molar-refractivity contribution >= 4 is 52.2 Å². The van der Waals surface area contributed by atoms with E-state index in [0.717, 1.165) is 53.9 Å². The van der Waals surface area contributed by atoms with Gasteiger partial charge in [0.2, 0.25) is 11.9 Å². The average molecular weight is 592 g/mol. The lowest BCUT2D eigenvalue weighted by molar-refractivity contribution is -0.117. The Bertz CT molecular complexity index is 1710. The molecule has 3 N–H and O–H groups in total. The number of halogens is 1. The van der Waals surface area contributed by atoms with E-state index in [1.165, 1.54) is 0 Å². The molecule has 10 heteroatoms. The van der Waals surface area contributed by atoms with Gasteiger partial charge in [-0.15, -0.1) is 0 Å². The summed E-state index contributed by atoms with van der Waals surface area (Å²) in [6.07, 6.45) is 4.99. The normalized spacial score (nSPS) is 14.6. The van der Waals surface area contributed by atoms with Crippen molar-refractivity contribution in [1.82, 2.24) is 14.9 Å². The fourth-order valence-electron chi connectivity index (χ4n) is 5.54. The van der Waals surface area contributed by atoms with Gasteiger partial charge in [0.15, 0.2) is 5.82 Å². The first-order chi connectivity index (χ1) is 20.9. The maximum absolute atomic E-state index is 13.2. The molecule has 3 aromatic carbocycles. The third-order valence-corrected chi connectivity index (χ3v) is 8.17. The molecule has 216 valence electrons. The second-order valence-electron chi connectivity index (χ2n) is 10.9. The van der Waals surface area contributed by atoms with Crippen LogP contribution in [0.2, 0.25) is 5.02 Å². The lowest BCUT2D eigenvalue weighted by Crippen LogP contribution is -2.39. The number of carbonyl (C=O) groups excluding carboxylic acids is 2. The Kier molecular flexibility index (Phi) is 8.20. The Morgan fingerprint density at radius 1 is 1.00 bits per heavy atom. The van der Waals surface area contributed by atoms with E-state index < -0.39 is 0 Å². The topological polar surface area (TPSA) is 123 Å². The van der Waals surface area contributed by atoms with Crippen molar-refractivity contribution < 1.29 is 9.59 Å². The minimum Gasteiger partial charge on any atom is -0.339 e. The lowest BCUT2D eigenvalue weighted by atomic mass is 9.92. The second-order valence-corrected chi connectivity index (χ2v) is 11.3. The van der Waals surface area contributed by atoms with Crippen molar-refractivity contribution in [3.63, 3.8) is 0 Å². The molecule has 1 saturated heterocycles. The van der Waals surface area contributed by atoms with E-state index in [1.807, 2.05) is 35.2 Å². The number of amides is 2. The number of fused-ring (bicyclic) bond motifs is 6. The van der Waals surface area contributed by atoms with E-state index in [0.29, 0.717) is 47.4 Å². The molecule has 2 aliphatic rings. The molecule has 6 bridgehead atoms. The number of rotatable bonds is 4. The zero-order valence-corrected chi connectivity index (χ0v) is 24.2. The number of benzene rings is 3. The first-order valence-electron chi connectivity index (χ1n) is 14.3. The van der Waals surface area contributed by atoms with Crippen LogP contribution >= 0.6 is 11.6 Å². The Balaban J connectivity index is 1.12. The van der Waals surface area contributed by atoms with Gasteiger partial charge in [-0.2, -0.15) is 10.2 Å². The summed E-state index contributed by atoms with van der Waals surface area (Å²) < 4.78 is 0.